The smallest absolute Gasteiger partial charge is 0.104 e. The number of hydrogen-bond donors (Lipinski definition) is 1. The molecule has 2 aliphatic carbocycles. The van der Waals surface area contributed by atoms with Crippen LogP contribution in [-0.4, -0.2) is 24.8 Å². The van der Waals surface area contributed by atoms with Crippen molar-refractivity contribution in [2.45, 2.75) is 69.9 Å². The van der Waals surface area contributed by atoms with Crippen LogP contribution in [0.3, 0.4) is 0 Å². The Bertz CT molecular complexity index is 291. The molecule has 3 nitrogen and oxygen atoms in total. The summed E-state index contributed by atoms with van der Waals surface area (Å²) < 4.78 is 5.66. The number of hydrogen-bond acceptors (Lipinski definition) is 3. The minimum absolute atomic E-state index is 0.349. The monoisotopic (exact) mass is 250 g/mol. The van der Waals surface area contributed by atoms with E-state index in [2.05, 4.69) is 11.4 Å². The normalized spacial score (nSPS) is 23.1. The first-order chi connectivity index (χ1) is 8.72. The summed E-state index contributed by atoms with van der Waals surface area (Å²) in [6.45, 7) is 3.72. The lowest BCUT2D eigenvalue weighted by atomic mass is 9.83. The average molecular weight is 250 g/mol. The Balaban J connectivity index is 1.48. The van der Waals surface area contributed by atoms with E-state index in [0.29, 0.717) is 6.04 Å². The SMILES string of the molecule is CC(C#N)(CCCOCCC1CCC1)NC1CC1. The fraction of sp³-hybridized carbons (Fsp3) is 0.933. The lowest BCUT2D eigenvalue weighted by Crippen LogP contribution is -2.42. The molecule has 0 bridgehead atoms. The molecule has 1 atom stereocenters. The molecule has 0 aromatic carbocycles. The van der Waals surface area contributed by atoms with Crippen molar-refractivity contribution in [2.24, 2.45) is 5.92 Å². The highest BCUT2D eigenvalue weighted by Crippen LogP contribution is 2.29. The third-order valence-electron chi connectivity index (χ3n) is 4.21. The molecule has 2 aliphatic rings. The Morgan fingerprint density at radius 2 is 2.06 bits per heavy atom. The summed E-state index contributed by atoms with van der Waals surface area (Å²) in [5.41, 5.74) is -0.349. The first-order valence-corrected chi connectivity index (χ1v) is 7.48. The molecule has 0 saturated heterocycles. The summed E-state index contributed by atoms with van der Waals surface area (Å²) in [5, 5.41) is 12.7. The van der Waals surface area contributed by atoms with Crippen LogP contribution in [0.2, 0.25) is 0 Å². The van der Waals surface area contributed by atoms with Crippen molar-refractivity contribution < 1.29 is 4.74 Å². The third-order valence-corrected chi connectivity index (χ3v) is 4.21. The van der Waals surface area contributed by atoms with Crippen LogP contribution in [0.1, 0.15) is 58.3 Å². The van der Waals surface area contributed by atoms with Crippen molar-refractivity contribution in [3.8, 4) is 6.07 Å². The van der Waals surface area contributed by atoms with E-state index in [1.807, 2.05) is 6.92 Å². The Labute approximate surface area is 111 Å². The number of ether oxygens (including phenoxy) is 1. The second-order valence-corrected chi connectivity index (χ2v) is 6.16. The molecular formula is C15H26N2O. The molecule has 0 spiro atoms. The van der Waals surface area contributed by atoms with E-state index < -0.39 is 0 Å². The van der Waals surface area contributed by atoms with Crippen LogP contribution in [0.4, 0.5) is 0 Å². The molecule has 2 fully saturated rings. The highest BCUT2D eigenvalue weighted by Gasteiger charge is 2.31. The van der Waals surface area contributed by atoms with Gasteiger partial charge in [0.05, 0.1) is 6.07 Å². The summed E-state index contributed by atoms with van der Waals surface area (Å²) in [7, 11) is 0. The molecule has 1 unspecified atom stereocenters. The van der Waals surface area contributed by atoms with E-state index in [-0.39, 0.29) is 5.54 Å². The number of nitrogens with zero attached hydrogens (tertiary/aromatic N) is 1. The van der Waals surface area contributed by atoms with Crippen molar-refractivity contribution in [3.05, 3.63) is 0 Å². The molecule has 18 heavy (non-hydrogen) atoms. The van der Waals surface area contributed by atoms with E-state index in [9.17, 15) is 5.26 Å². The van der Waals surface area contributed by atoms with Crippen molar-refractivity contribution >= 4 is 0 Å². The zero-order chi connectivity index (χ0) is 12.8. The van der Waals surface area contributed by atoms with Gasteiger partial charge in [0.1, 0.15) is 5.54 Å². The largest absolute Gasteiger partial charge is 0.381 e. The van der Waals surface area contributed by atoms with Gasteiger partial charge >= 0.3 is 0 Å². The Morgan fingerprint density at radius 3 is 2.61 bits per heavy atom. The van der Waals surface area contributed by atoms with Gasteiger partial charge in [-0.3, -0.25) is 5.32 Å². The summed E-state index contributed by atoms with van der Waals surface area (Å²) in [4.78, 5) is 0. The average Bonchev–Trinajstić information content (AvgIpc) is 3.09. The van der Waals surface area contributed by atoms with Gasteiger partial charge in [0.25, 0.3) is 0 Å². The third kappa shape index (κ3) is 4.59. The topological polar surface area (TPSA) is 45.0 Å². The van der Waals surface area contributed by atoms with E-state index in [4.69, 9.17) is 4.74 Å². The molecule has 0 aromatic heterocycles. The molecule has 2 rings (SSSR count). The fourth-order valence-electron chi connectivity index (χ4n) is 2.50. The van der Waals surface area contributed by atoms with E-state index >= 15 is 0 Å². The highest BCUT2D eigenvalue weighted by atomic mass is 16.5. The Morgan fingerprint density at radius 1 is 1.28 bits per heavy atom. The molecule has 0 aromatic rings. The number of nitriles is 1. The molecule has 0 heterocycles. The Hall–Kier alpha value is -0.590. The second kappa shape index (κ2) is 6.54. The van der Waals surface area contributed by atoms with Crippen molar-refractivity contribution in [1.29, 1.82) is 5.26 Å². The lowest BCUT2D eigenvalue weighted by molar-refractivity contribution is 0.101. The van der Waals surface area contributed by atoms with Gasteiger partial charge in [-0.25, -0.2) is 0 Å². The van der Waals surface area contributed by atoms with Gasteiger partial charge in [-0.15, -0.1) is 0 Å². The summed E-state index contributed by atoms with van der Waals surface area (Å²) in [6.07, 6.45) is 9.79. The molecule has 3 heteroatoms. The van der Waals surface area contributed by atoms with Crippen LogP contribution in [0.5, 0.6) is 0 Å². The predicted octanol–water partition coefficient (Wildman–Crippen LogP) is 3.01. The van der Waals surface area contributed by atoms with Crippen molar-refractivity contribution in [2.75, 3.05) is 13.2 Å². The van der Waals surface area contributed by atoms with Crippen LogP contribution in [0.25, 0.3) is 0 Å². The molecule has 1 N–H and O–H groups in total. The van der Waals surface area contributed by atoms with Crippen LogP contribution < -0.4 is 5.32 Å². The molecule has 2 saturated carbocycles. The van der Waals surface area contributed by atoms with Gasteiger partial charge in [0.2, 0.25) is 0 Å². The van der Waals surface area contributed by atoms with Crippen LogP contribution in [-0.2, 0) is 4.74 Å². The molecular weight excluding hydrogens is 224 g/mol. The van der Waals surface area contributed by atoms with Crippen LogP contribution in [0.15, 0.2) is 0 Å². The molecule has 102 valence electrons. The number of rotatable bonds is 9. The van der Waals surface area contributed by atoms with Crippen LogP contribution >= 0.6 is 0 Å². The quantitative estimate of drug-likeness (QED) is 0.640. The highest BCUT2D eigenvalue weighted by molar-refractivity contribution is 5.06. The molecule has 0 aliphatic heterocycles. The molecule has 0 radical (unpaired) electrons. The van der Waals surface area contributed by atoms with Gasteiger partial charge in [-0.1, -0.05) is 19.3 Å². The minimum atomic E-state index is -0.349. The van der Waals surface area contributed by atoms with Crippen molar-refractivity contribution in [3.63, 3.8) is 0 Å². The maximum absolute atomic E-state index is 9.22. The van der Waals surface area contributed by atoms with E-state index in [1.165, 1.54) is 38.5 Å². The zero-order valence-electron chi connectivity index (χ0n) is 11.6. The summed E-state index contributed by atoms with van der Waals surface area (Å²) >= 11 is 0. The van der Waals surface area contributed by atoms with E-state index in [0.717, 1.165) is 32.0 Å². The zero-order valence-corrected chi connectivity index (χ0v) is 11.6. The summed E-state index contributed by atoms with van der Waals surface area (Å²) in [6, 6.07) is 3.00. The standard InChI is InChI=1S/C15H26N2O/c1-15(12-16,17-14-6-7-14)9-3-10-18-11-8-13-4-2-5-13/h13-14,17H,2-11H2,1H3. The first-order valence-electron chi connectivity index (χ1n) is 7.48. The number of nitrogens with one attached hydrogen (secondary N) is 1. The van der Waals surface area contributed by atoms with Gasteiger partial charge in [0.15, 0.2) is 0 Å². The first kappa shape index (κ1) is 13.8. The van der Waals surface area contributed by atoms with Gasteiger partial charge in [0, 0.05) is 19.3 Å². The van der Waals surface area contributed by atoms with Crippen molar-refractivity contribution in [1.82, 2.24) is 5.32 Å². The van der Waals surface area contributed by atoms with Gasteiger partial charge in [-0.05, 0) is 44.9 Å². The lowest BCUT2D eigenvalue weighted by Gasteiger charge is -2.25. The predicted molar refractivity (Wildman–Crippen MR) is 72.2 cm³/mol. The molecule has 0 amide bonds. The minimum Gasteiger partial charge on any atom is -0.381 e. The fourth-order valence-corrected chi connectivity index (χ4v) is 2.50. The summed E-state index contributed by atoms with van der Waals surface area (Å²) in [5.74, 6) is 0.936. The Kier molecular flexibility index (Phi) is 5.03. The maximum Gasteiger partial charge on any atom is 0.104 e. The van der Waals surface area contributed by atoms with Gasteiger partial charge in [-0.2, -0.15) is 5.26 Å². The maximum atomic E-state index is 9.22. The second-order valence-electron chi connectivity index (χ2n) is 6.16. The van der Waals surface area contributed by atoms with Gasteiger partial charge < -0.3 is 4.74 Å². The van der Waals surface area contributed by atoms with Crippen LogP contribution in [0, 0.1) is 17.2 Å². The van der Waals surface area contributed by atoms with E-state index in [1.54, 1.807) is 0 Å².